The van der Waals surface area contributed by atoms with Crippen molar-refractivity contribution in [1.29, 1.82) is 0 Å². The molecular formula is C7H7ClF3N3. The summed E-state index contributed by atoms with van der Waals surface area (Å²) >= 11 is 5.43. The fourth-order valence-electron chi connectivity index (χ4n) is 0.889. The average Bonchev–Trinajstić information content (AvgIpc) is 1.99. The van der Waals surface area contributed by atoms with Crippen molar-refractivity contribution in [2.45, 2.75) is 12.6 Å². The average molecular weight is 226 g/mol. The molecule has 3 nitrogen and oxygen atoms in total. The van der Waals surface area contributed by atoms with Crippen LogP contribution in [0.3, 0.4) is 0 Å². The van der Waals surface area contributed by atoms with Gasteiger partial charge >= 0.3 is 6.18 Å². The second-order valence-corrected chi connectivity index (χ2v) is 2.89. The number of alkyl halides is 3. The Morgan fingerprint density at radius 3 is 2.57 bits per heavy atom. The number of rotatable bonds is 2. The van der Waals surface area contributed by atoms with Crippen LogP contribution < -0.4 is 5.32 Å². The number of halogens is 4. The van der Waals surface area contributed by atoms with Gasteiger partial charge in [0, 0.05) is 13.1 Å². The van der Waals surface area contributed by atoms with Crippen LogP contribution in [0.25, 0.3) is 0 Å². The molecule has 0 aliphatic heterocycles. The van der Waals surface area contributed by atoms with Crippen molar-refractivity contribution in [2.75, 3.05) is 12.4 Å². The molecule has 0 atom stereocenters. The van der Waals surface area contributed by atoms with E-state index in [9.17, 15) is 13.2 Å². The number of anilines is 1. The number of nitrogens with zero attached hydrogens (tertiary/aromatic N) is 2. The summed E-state index contributed by atoms with van der Waals surface area (Å²) in [4.78, 5) is 7.12. The summed E-state index contributed by atoms with van der Waals surface area (Å²) in [7, 11) is 1.54. The van der Waals surface area contributed by atoms with E-state index in [2.05, 4.69) is 15.3 Å². The molecule has 0 unspecified atom stereocenters. The molecule has 0 aliphatic rings. The molecule has 78 valence electrons. The summed E-state index contributed by atoms with van der Waals surface area (Å²) < 4.78 is 36.0. The molecule has 0 amide bonds. The fourth-order valence-corrected chi connectivity index (χ4v) is 1.09. The smallest absolute Gasteiger partial charge is 0.373 e. The monoisotopic (exact) mass is 225 g/mol. The first-order chi connectivity index (χ1) is 6.40. The zero-order chi connectivity index (χ0) is 10.8. The Balaban J connectivity index is 2.92. The first kappa shape index (κ1) is 11.0. The maximum Gasteiger partial charge on any atom is 0.394 e. The Labute approximate surface area is 83.3 Å². The summed E-state index contributed by atoms with van der Waals surface area (Å²) in [5.74, 6) is 0.268. The van der Waals surface area contributed by atoms with Gasteiger partial charge in [-0.1, -0.05) is 0 Å². The van der Waals surface area contributed by atoms with Crippen LogP contribution in [-0.2, 0) is 6.42 Å². The zero-order valence-electron chi connectivity index (χ0n) is 7.19. The van der Waals surface area contributed by atoms with Crippen molar-refractivity contribution in [3.63, 3.8) is 0 Å². The zero-order valence-corrected chi connectivity index (χ0v) is 7.95. The van der Waals surface area contributed by atoms with Crippen LogP contribution in [0.1, 0.15) is 5.69 Å². The van der Waals surface area contributed by atoms with Gasteiger partial charge in [0.2, 0.25) is 5.28 Å². The van der Waals surface area contributed by atoms with Crippen LogP contribution in [0.2, 0.25) is 5.28 Å². The molecule has 1 rings (SSSR count). The van der Waals surface area contributed by atoms with E-state index in [1.54, 1.807) is 0 Å². The molecule has 1 aromatic heterocycles. The molecule has 0 saturated carbocycles. The van der Waals surface area contributed by atoms with E-state index in [0.29, 0.717) is 0 Å². The van der Waals surface area contributed by atoms with Crippen LogP contribution >= 0.6 is 11.6 Å². The van der Waals surface area contributed by atoms with Crippen molar-refractivity contribution >= 4 is 17.4 Å². The lowest BCUT2D eigenvalue weighted by atomic mass is 10.3. The van der Waals surface area contributed by atoms with Crippen LogP contribution in [0.4, 0.5) is 19.0 Å². The Morgan fingerprint density at radius 1 is 1.43 bits per heavy atom. The lowest BCUT2D eigenvalue weighted by molar-refractivity contribution is -0.127. The highest BCUT2D eigenvalue weighted by Gasteiger charge is 2.28. The second kappa shape index (κ2) is 4.00. The molecule has 0 bridgehead atoms. The van der Waals surface area contributed by atoms with Gasteiger partial charge in [-0.15, -0.1) is 0 Å². The summed E-state index contributed by atoms with van der Waals surface area (Å²) in [5, 5.41) is 2.39. The molecule has 7 heteroatoms. The quantitative estimate of drug-likeness (QED) is 0.785. The Hall–Kier alpha value is -1.04. The maximum absolute atomic E-state index is 12.0. The number of hydrogen-bond donors (Lipinski definition) is 1. The molecule has 14 heavy (non-hydrogen) atoms. The lowest BCUT2D eigenvalue weighted by Crippen LogP contribution is -2.13. The molecule has 1 aromatic rings. The van der Waals surface area contributed by atoms with Gasteiger partial charge in [0.1, 0.15) is 5.82 Å². The first-order valence-electron chi connectivity index (χ1n) is 3.68. The molecule has 1 heterocycles. The van der Waals surface area contributed by atoms with Crippen LogP contribution in [0.15, 0.2) is 6.07 Å². The SMILES string of the molecule is CNc1cc(CC(F)(F)F)nc(Cl)n1. The van der Waals surface area contributed by atoms with Gasteiger partial charge in [0.25, 0.3) is 0 Å². The van der Waals surface area contributed by atoms with E-state index in [-0.39, 0.29) is 16.8 Å². The Morgan fingerprint density at radius 2 is 2.07 bits per heavy atom. The first-order valence-corrected chi connectivity index (χ1v) is 4.06. The summed E-state index contributed by atoms with van der Waals surface area (Å²) in [6.45, 7) is 0. The molecule has 0 saturated heterocycles. The lowest BCUT2D eigenvalue weighted by Gasteiger charge is -2.07. The summed E-state index contributed by atoms with van der Waals surface area (Å²) in [6.07, 6.45) is -5.40. The van der Waals surface area contributed by atoms with Crippen molar-refractivity contribution < 1.29 is 13.2 Å². The number of aromatic nitrogens is 2. The molecule has 0 spiro atoms. The summed E-state index contributed by atoms with van der Waals surface area (Å²) in [5.41, 5.74) is -0.151. The van der Waals surface area contributed by atoms with E-state index in [4.69, 9.17) is 11.6 Å². The third kappa shape index (κ3) is 3.37. The minimum Gasteiger partial charge on any atom is -0.373 e. The Bertz CT molecular complexity index is 326. The van der Waals surface area contributed by atoms with Crippen LogP contribution in [0.5, 0.6) is 0 Å². The third-order valence-electron chi connectivity index (χ3n) is 1.39. The normalized spacial score (nSPS) is 11.5. The molecule has 0 radical (unpaired) electrons. The highest BCUT2D eigenvalue weighted by molar-refractivity contribution is 6.28. The van der Waals surface area contributed by atoms with Crippen molar-refractivity contribution in [3.05, 3.63) is 17.0 Å². The largest absolute Gasteiger partial charge is 0.394 e. The summed E-state index contributed by atoms with van der Waals surface area (Å²) in [6, 6.07) is 1.21. The highest BCUT2D eigenvalue weighted by atomic mass is 35.5. The van der Waals surface area contributed by atoms with Crippen molar-refractivity contribution in [1.82, 2.24) is 9.97 Å². The predicted molar refractivity (Wildman–Crippen MR) is 46.3 cm³/mol. The van der Waals surface area contributed by atoms with Gasteiger partial charge in [-0.2, -0.15) is 13.2 Å². The highest BCUT2D eigenvalue weighted by Crippen LogP contribution is 2.21. The topological polar surface area (TPSA) is 37.8 Å². The van der Waals surface area contributed by atoms with E-state index >= 15 is 0 Å². The molecule has 1 N–H and O–H groups in total. The number of hydrogen-bond acceptors (Lipinski definition) is 3. The van der Waals surface area contributed by atoms with Gasteiger partial charge < -0.3 is 5.32 Å². The predicted octanol–water partition coefficient (Wildman–Crippen LogP) is 2.28. The third-order valence-corrected chi connectivity index (χ3v) is 1.56. The standard InChI is InChI=1S/C7H7ClF3N3/c1-12-5-2-4(3-7(9,10)11)13-6(8)14-5/h2H,3H2,1H3,(H,12,13,14). The molecule has 0 fully saturated rings. The van der Waals surface area contributed by atoms with Crippen LogP contribution in [-0.4, -0.2) is 23.2 Å². The van der Waals surface area contributed by atoms with E-state index < -0.39 is 12.6 Å². The minimum absolute atomic E-state index is 0.151. The van der Waals surface area contributed by atoms with Gasteiger partial charge in [-0.3, -0.25) is 0 Å². The van der Waals surface area contributed by atoms with Gasteiger partial charge in [-0.25, -0.2) is 9.97 Å². The van der Waals surface area contributed by atoms with E-state index in [0.717, 1.165) is 0 Å². The second-order valence-electron chi connectivity index (χ2n) is 2.56. The fraction of sp³-hybridized carbons (Fsp3) is 0.429. The van der Waals surface area contributed by atoms with Crippen LogP contribution in [0, 0.1) is 0 Å². The van der Waals surface area contributed by atoms with Gasteiger partial charge in [0.05, 0.1) is 12.1 Å². The minimum atomic E-state index is -4.29. The molecule has 0 aromatic carbocycles. The van der Waals surface area contributed by atoms with Crippen molar-refractivity contribution in [3.8, 4) is 0 Å². The molecular weight excluding hydrogens is 219 g/mol. The number of nitrogens with one attached hydrogen (secondary N) is 1. The Kier molecular flexibility index (Phi) is 3.15. The molecule has 0 aliphatic carbocycles. The van der Waals surface area contributed by atoms with E-state index in [1.807, 2.05) is 0 Å². The van der Waals surface area contributed by atoms with E-state index in [1.165, 1.54) is 13.1 Å². The van der Waals surface area contributed by atoms with Crippen molar-refractivity contribution in [2.24, 2.45) is 0 Å². The van der Waals surface area contributed by atoms with Gasteiger partial charge in [-0.05, 0) is 11.6 Å². The van der Waals surface area contributed by atoms with Gasteiger partial charge in [0.15, 0.2) is 0 Å². The maximum atomic E-state index is 12.0.